The second kappa shape index (κ2) is 4.63. The SMILES string of the molecule is CN(C)c1[nH]c2cccc(I)c2c1CCN. The van der Waals surface area contributed by atoms with Crippen molar-refractivity contribution in [3.8, 4) is 0 Å². The molecule has 0 bridgehead atoms. The molecule has 86 valence electrons. The number of nitrogens with zero attached hydrogens (tertiary/aromatic N) is 1. The summed E-state index contributed by atoms with van der Waals surface area (Å²) >= 11 is 2.38. The molecule has 4 heteroatoms. The monoisotopic (exact) mass is 329 g/mol. The molecule has 2 rings (SSSR count). The lowest BCUT2D eigenvalue weighted by molar-refractivity contribution is 0.958. The summed E-state index contributed by atoms with van der Waals surface area (Å²) in [4.78, 5) is 5.57. The number of hydrogen-bond donors (Lipinski definition) is 2. The van der Waals surface area contributed by atoms with Gasteiger partial charge in [-0.3, -0.25) is 0 Å². The van der Waals surface area contributed by atoms with Gasteiger partial charge in [-0.1, -0.05) is 6.07 Å². The van der Waals surface area contributed by atoms with Gasteiger partial charge in [-0.25, -0.2) is 0 Å². The van der Waals surface area contributed by atoms with Crippen molar-refractivity contribution in [2.24, 2.45) is 5.73 Å². The van der Waals surface area contributed by atoms with Crippen molar-refractivity contribution in [2.45, 2.75) is 6.42 Å². The van der Waals surface area contributed by atoms with E-state index in [1.165, 1.54) is 25.9 Å². The van der Waals surface area contributed by atoms with E-state index in [0.29, 0.717) is 6.54 Å². The number of rotatable bonds is 3. The highest BCUT2D eigenvalue weighted by molar-refractivity contribution is 14.1. The van der Waals surface area contributed by atoms with E-state index in [1.807, 2.05) is 0 Å². The predicted molar refractivity (Wildman–Crippen MR) is 78.1 cm³/mol. The lowest BCUT2D eigenvalue weighted by Crippen LogP contribution is -2.13. The van der Waals surface area contributed by atoms with Crippen LogP contribution in [0.3, 0.4) is 0 Å². The highest BCUT2D eigenvalue weighted by Gasteiger charge is 2.14. The van der Waals surface area contributed by atoms with Gasteiger partial charge in [0.05, 0.1) is 0 Å². The summed E-state index contributed by atoms with van der Waals surface area (Å²) in [6.07, 6.45) is 0.910. The number of fused-ring (bicyclic) bond motifs is 1. The van der Waals surface area contributed by atoms with Crippen molar-refractivity contribution in [3.05, 3.63) is 27.3 Å². The van der Waals surface area contributed by atoms with Gasteiger partial charge in [-0.2, -0.15) is 0 Å². The van der Waals surface area contributed by atoms with Crippen LogP contribution in [0.5, 0.6) is 0 Å². The Morgan fingerprint density at radius 2 is 2.12 bits per heavy atom. The van der Waals surface area contributed by atoms with E-state index in [4.69, 9.17) is 5.73 Å². The smallest absolute Gasteiger partial charge is 0.109 e. The van der Waals surface area contributed by atoms with Crippen LogP contribution < -0.4 is 10.6 Å². The average molecular weight is 329 g/mol. The first-order valence-corrected chi connectivity index (χ1v) is 6.39. The molecule has 1 aromatic heterocycles. The Kier molecular flexibility index (Phi) is 3.39. The second-order valence-electron chi connectivity index (χ2n) is 4.05. The highest BCUT2D eigenvalue weighted by atomic mass is 127. The van der Waals surface area contributed by atoms with Gasteiger partial charge in [0.15, 0.2) is 0 Å². The standard InChI is InChI=1S/C12H16IN3/c1-16(2)12-8(6-7-14)11-9(13)4-3-5-10(11)15-12/h3-5,15H,6-7,14H2,1-2H3. The quantitative estimate of drug-likeness (QED) is 0.849. The molecule has 3 nitrogen and oxygen atoms in total. The van der Waals surface area contributed by atoms with E-state index < -0.39 is 0 Å². The molecule has 2 aromatic rings. The Hall–Kier alpha value is -0.750. The van der Waals surface area contributed by atoms with Crippen LogP contribution in [0, 0.1) is 3.57 Å². The summed E-state index contributed by atoms with van der Waals surface area (Å²) in [6, 6.07) is 6.33. The van der Waals surface area contributed by atoms with Crippen molar-refractivity contribution in [2.75, 3.05) is 25.5 Å². The molecule has 0 aliphatic heterocycles. The van der Waals surface area contributed by atoms with Crippen LogP contribution in [0.25, 0.3) is 10.9 Å². The maximum Gasteiger partial charge on any atom is 0.109 e. The molecule has 0 fully saturated rings. The normalized spacial score (nSPS) is 11.0. The Balaban J connectivity index is 2.72. The first-order chi connectivity index (χ1) is 7.65. The summed E-state index contributed by atoms with van der Waals surface area (Å²) < 4.78 is 1.28. The van der Waals surface area contributed by atoms with Gasteiger partial charge in [0.25, 0.3) is 0 Å². The molecular formula is C12H16IN3. The number of hydrogen-bond acceptors (Lipinski definition) is 2. The molecule has 0 radical (unpaired) electrons. The van der Waals surface area contributed by atoms with Crippen LogP contribution in [0.15, 0.2) is 18.2 Å². The Morgan fingerprint density at radius 3 is 2.75 bits per heavy atom. The molecule has 0 spiro atoms. The molecule has 0 atom stereocenters. The maximum atomic E-state index is 5.70. The molecule has 0 saturated carbocycles. The minimum Gasteiger partial charge on any atom is -0.364 e. The van der Waals surface area contributed by atoms with Crippen molar-refractivity contribution in [3.63, 3.8) is 0 Å². The number of halogens is 1. The molecule has 16 heavy (non-hydrogen) atoms. The van der Waals surface area contributed by atoms with Crippen LogP contribution in [0.1, 0.15) is 5.56 Å². The van der Waals surface area contributed by atoms with E-state index in [-0.39, 0.29) is 0 Å². The van der Waals surface area contributed by atoms with E-state index in [2.05, 4.69) is 64.8 Å². The first-order valence-electron chi connectivity index (χ1n) is 5.31. The summed E-state index contributed by atoms with van der Waals surface area (Å²) in [7, 11) is 4.11. The van der Waals surface area contributed by atoms with Gasteiger partial charge in [0, 0.05) is 34.1 Å². The van der Waals surface area contributed by atoms with Crippen LogP contribution >= 0.6 is 22.6 Å². The molecule has 1 aromatic carbocycles. The lowest BCUT2D eigenvalue weighted by Gasteiger charge is -2.12. The Bertz CT molecular complexity index is 502. The fourth-order valence-corrected chi connectivity index (χ4v) is 2.85. The summed E-state index contributed by atoms with van der Waals surface area (Å²) in [5.74, 6) is 1.17. The molecule has 0 aliphatic carbocycles. The number of aromatic amines is 1. The van der Waals surface area contributed by atoms with Gasteiger partial charge in [0.1, 0.15) is 5.82 Å². The maximum absolute atomic E-state index is 5.70. The lowest BCUT2D eigenvalue weighted by atomic mass is 10.1. The molecule has 0 unspecified atom stereocenters. The minimum atomic E-state index is 0.679. The zero-order valence-electron chi connectivity index (χ0n) is 9.55. The number of benzene rings is 1. The second-order valence-corrected chi connectivity index (χ2v) is 5.21. The summed E-state index contributed by atoms with van der Waals surface area (Å²) in [6.45, 7) is 0.679. The first kappa shape index (κ1) is 11.7. The van der Waals surface area contributed by atoms with Crippen LogP contribution in [-0.4, -0.2) is 25.6 Å². The molecule has 3 N–H and O–H groups in total. The fraction of sp³-hybridized carbons (Fsp3) is 0.333. The van der Waals surface area contributed by atoms with E-state index in [9.17, 15) is 0 Å². The van der Waals surface area contributed by atoms with Crippen molar-refractivity contribution in [1.29, 1.82) is 0 Å². The minimum absolute atomic E-state index is 0.679. The zero-order chi connectivity index (χ0) is 11.7. The van der Waals surface area contributed by atoms with Crippen LogP contribution in [0.2, 0.25) is 0 Å². The van der Waals surface area contributed by atoms with Gasteiger partial charge >= 0.3 is 0 Å². The number of nitrogens with one attached hydrogen (secondary N) is 1. The van der Waals surface area contributed by atoms with E-state index in [1.54, 1.807) is 0 Å². The van der Waals surface area contributed by atoms with Crippen molar-refractivity contribution < 1.29 is 0 Å². The highest BCUT2D eigenvalue weighted by Crippen LogP contribution is 2.31. The number of nitrogens with two attached hydrogens (primary N) is 1. The molecule has 0 saturated heterocycles. The van der Waals surface area contributed by atoms with Gasteiger partial charge in [-0.15, -0.1) is 0 Å². The average Bonchev–Trinajstić information content (AvgIpc) is 2.59. The zero-order valence-corrected chi connectivity index (χ0v) is 11.7. The summed E-state index contributed by atoms with van der Waals surface area (Å²) in [5, 5.41) is 1.32. The Labute approximate surface area is 109 Å². The van der Waals surface area contributed by atoms with Crippen LogP contribution in [-0.2, 0) is 6.42 Å². The van der Waals surface area contributed by atoms with Crippen molar-refractivity contribution in [1.82, 2.24) is 4.98 Å². The van der Waals surface area contributed by atoms with Crippen molar-refractivity contribution >= 4 is 39.3 Å². The predicted octanol–water partition coefficient (Wildman–Crippen LogP) is 2.34. The number of anilines is 1. The van der Waals surface area contributed by atoms with E-state index >= 15 is 0 Å². The fourth-order valence-electron chi connectivity index (χ4n) is 2.03. The topological polar surface area (TPSA) is 45.0 Å². The molecule has 1 heterocycles. The van der Waals surface area contributed by atoms with E-state index in [0.717, 1.165) is 6.42 Å². The third-order valence-electron chi connectivity index (χ3n) is 2.70. The number of aromatic nitrogens is 1. The third-order valence-corrected chi connectivity index (χ3v) is 3.59. The van der Waals surface area contributed by atoms with Gasteiger partial charge in [-0.05, 0) is 47.7 Å². The Morgan fingerprint density at radius 1 is 1.38 bits per heavy atom. The van der Waals surface area contributed by atoms with Gasteiger partial charge < -0.3 is 15.6 Å². The molecule has 0 aliphatic rings. The summed E-state index contributed by atoms with van der Waals surface area (Å²) in [5.41, 5.74) is 8.21. The van der Waals surface area contributed by atoms with Crippen LogP contribution in [0.4, 0.5) is 5.82 Å². The third kappa shape index (κ3) is 1.91. The number of H-pyrrole nitrogens is 1. The largest absolute Gasteiger partial charge is 0.364 e. The molecule has 0 amide bonds. The molecular weight excluding hydrogens is 313 g/mol. The van der Waals surface area contributed by atoms with Gasteiger partial charge in [0.2, 0.25) is 0 Å².